The first kappa shape index (κ1) is 21.0. The van der Waals surface area contributed by atoms with Gasteiger partial charge in [-0.2, -0.15) is 18.0 Å². The third-order valence-corrected chi connectivity index (χ3v) is 4.96. The average Bonchev–Trinajstić information content (AvgIpc) is 3.10. The number of piperidine rings is 1. The fraction of sp³-hybridized carbons (Fsp3) is 0.474. The summed E-state index contributed by atoms with van der Waals surface area (Å²) in [6.07, 6.45) is 0.242. The second-order valence-corrected chi connectivity index (χ2v) is 7.00. The molecule has 0 bridgehead atoms. The Kier molecular flexibility index (Phi) is 6.31. The number of hydrogen-bond donors (Lipinski definition) is 1. The van der Waals surface area contributed by atoms with Crippen molar-refractivity contribution >= 4 is 12.0 Å². The van der Waals surface area contributed by atoms with E-state index < -0.39 is 11.7 Å². The lowest BCUT2D eigenvalue weighted by molar-refractivity contribution is -0.137. The number of alkyl halides is 3. The molecule has 0 radical (unpaired) electrons. The maximum atomic E-state index is 13.1. The van der Waals surface area contributed by atoms with Crippen molar-refractivity contribution in [3.8, 4) is 0 Å². The van der Waals surface area contributed by atoms with Gasteiger partial charge in [-0.1, -0.05) is 6.07 Å². The molecular formula is C19H23F3N6O. The predicted octanol–water partition coefficient (Wildman–Crippen LogP) is 2.27. The molecule has 0 aliphatic carbocycles. The number of benzene rings is 1. The zero-order valence-electron chi connectivity index (χ0n) is 16.3. The van der Waals surface area contributed by atoms with Crippen molar-refractivity contribution < 1.29 is 18.0 Å². The van der Waals surface area contributed by atoms with Crippen molar-refractivity contribution in [2.24, 2.45) is 0 Å². The number of rotatable bonds is 5. The first-order valence-corrected chi connectivity index (χ1v) is 9.35. The van der Waals surface area contributed by atoms with Crippen LogP contribution in [0, 0.1) is 6.92 Å². The Morgan fingerprint density at radius 2 is 2.03 bits per heavy atom. The number of nitrogens with zero attached hydrogens (tertiary/aromatic N) is 5. The molecule has 3 rings (SSSR count). The van der Waals surface area contributed by atoms with Gasteiger partial charge in [-0.05, 0) is 61.4 Å². The lowest BCUT2D eigenvalue weighted by Gasteiger charge is -2.31. The van der Waals surface area contributed by atoms with Gasteiger partial charge in [-0.25, -0.2) is 0 Å². The van der Waals surface area contributed by atoms with Crippen LogP contribution in [0.3, 0.4) is 0 Å². The van der Waals surface area contributed by atoms with Gasteiger partial charge in [-0.15, -0.1) is 10.2 Å². The molecule has 1 amide bonds. The van der Waals surface area contributed by atoms with Crippen LogP contribution in [-0.4, -0.2) is 57.2 Å². The average molecular weight is 408 g/mol. The zero-order chi connectivity index (χ0) is 21.0. The Morgan fingerprint density at radius 3 is 2.62 bits per heavy atom. The van der Waals surface area contributed by atoms with Crippen molar-refractivity contribution in [1.82, 2.24) is 30.4 Å². The van der Waals surface area contributed by atoms with Gasteiger partial charge in [0, 0.05) is 25.2 Å². The van der Waals surface area contributed by atoms with Gasteiger partial charge in [0.2, 0.25) is 5.91 Å². The fourth-order valence-corrected chi connectivity index (χ4v) is 3.28. The number of likely N-dealkylation sites (tertiary alicyclic amines) is 1. The molecule has 1 saturated heterocycles. The highest BCUT2D eigenvalue weighted by molar-refractivity contribution is 5.92. The highest BCUT2D eigenvalue weighted by Gasteiger charge is 2.31. The third kappa shape index (κ3) is 5.41. The first-order valence-electron chi connectivity index (χ1n) is 9.35. The molecule has 156 valence electrons. The highest BCUT2D eigenvalue weighted by atomic mass is 19.4. The summed E-state index contributed by atoms with van der Waals surface area (Å²) >= 11 is 0. The summed E-state index contributed by atoms with van der Waals surface area (Å²) in [5, 5.41) is 14.8. The van der Waals surface area contributed by atoms with Gasteiger partial charge in [0.1, 0.15) is 0 Å². The van der Waals surface area contributed by atoms with Crippen molar-refractivity contribution in [2.75, 3.05) is 20.1 Å². The largest absolute Gasteiger partial charge is 0.416 e. The van der Waals surface area contributed by atoms with Crippen LogP contribution < -0.4 is 5.32 Å². The van der Waals surface area contributed by atoms with Gasteiger partial charge in [0.05, 0.1) is 12.1 Å². The molecule has 1 fully saturated rings. The SMILES string of the molecule is CNC1CCN(C(=O)C=Cc2ccc(C(F)(F)F)cc2Cn2nnc(C)n2)CC1. The summed E-state index contributed by atoms with van der Waals surface area (Å²) in [7, 11) is 1.90. The second kappa shape index (κ2) is 8.73. The van der Waals surface area contributed by atoms with E-state index in [0.29, 0.717) is 36.1 Å². The third-order valence-electron chi connectivity index (χ3n) is 4.96. The maximum absolute atomic E-state index is 13.1. The van der Waals surface area contributed by atoms with Crippen LogP contribution in [0.25, 0.3) is 6.08 Å². The van der Waals surface area contributed by atoms with Crippen molar-refractivity contribution in [2.45, 2.75) is 38.5 Å². The van der Waals surface area contributed by atoms with E-state index in [4.69, 9.17) is 0 Å². The molecule has 7 nitrogen and oxygen atoms in total. The van der Waals surface area contributed by atoms with Crippen LogP contribution in [0.1, 0.15) is 35.4 Å². The van der Waals surface area contributed by atoms with E-state index in [2.05, 4.69) is 20.7 Å². The van der Waals surface area contributed by atoms with E-state index in [9.17, 15) is 18.0 Å². The van der Waals surface area contributed by atoms with Gasteiger partial charge in [0.15, 0.2) is 5.82 Å². The minimum absolute atomic E-state index is 0.0200. The molecule has 0 unspecified atom stereocenters. The van der Waals surface area contributed by atoms with Crippen LogP contribution in [-0.2, 0) is 17.5 Å². The molecule has 10 heteroatoms. The minimum Gasteiger partial charge on any atom is -0.339 e. The number of carbonyl (C=O) groups is 1. The normalized spacial score (nSPS) is 16.0. The minimum atomic E-state index is -4.46. The van der Waals surface area contributed by atoms with Gasteiger partial charge in [-0.3, -0.25) is 4.79 Å². The molecule has 1 aliphatic heterocycles. The molecule has 2 aromatic rings. The van der Waals surface area contributed by atoms with Crippen LogP contribution in [0.4, 0.5) is 13.2 Å². The lowest BCUT2D eigenvalue weighted by Crippen LogP contribution is -2.43. The molecule has 1 aromatic heterocycles. The number of nitrogens with one attached hydrogen (secondary N) is 1. The van der Waals surface area contributed by atoms with Gasteiger partial charge < -0.3 is 10.2 Å². The molecule has 2 heterocycles. The number of hydrogen-bond acceptors (Lipinski definition) is 5. The molecule has 0 spiro atoms. The molecular weight excluding hydrogens is 385 g/mol. The van der Waals surface area contributed by atoms with Crippen LogP contribution >= 0.6 is 0 Å². The summed E-state index contributed by atoms with van der Waals surface area (Å²) in [5.74, 6) is 0.273. The van der Waals surface area contributed by atoms with E-state index >= 15 is 0 Å². The second-order valence-electron chi connectivity index (χ2n) is 7.00. The molecule has 0 saturated carbocycles. The van der Waals surface area contributed by atoms with E-state index in [0.717, 1.165) is 25.0 Å². The van der Waals surface area contributed by atoms with Crippen molar-refractivity contribution in [3.05, 3.63) is 46.8 Å². The van der Waals surface area contributed by atoms with Gasteiger partial charge >= 0.3 is 6.18 Å². The number of halogens is 3. The summed E-state index contributed by atoms with van der Waals surface area (Å²) in [6, 6.07) is 3.83. The van der Waals surface area contributed by atoms with Crippen molar-refractivity contribution in [1.29, 1.82) is 0 Å². The topological polar surface area (TPSA) is 75.9 Å². The Morgan fingerprint density at radius 1 is 1.31 bits per heavy atom. The Bertz CT molecular complexity index is 884. The van der Waals surface area contributed by atoms with Crippen LogP contribution in [0.5, 0.6) is 0 Å². The predicted molar refractivity (Wildman–Crippen MR) is 101 cm³/mol. The Hall–Kier alpha value is -2.75. The number of amides is 1. The fourth-order valence-electron chi connectivity index (χ4n) is 3.28. The Balaban J connectivity index is 1.80. The summed E-state index contributed by atoms with van der Waals surface area (Å²) in [5.41, 5.74) is 0.100. The van der Waals surface area contributed by atoms with Crippen molar-refractivity contribution in [3.63, 3.8) is 0 Å². The molecule has 0 atom stereocenters. The number of aryl methyl sites for hydroxylation is 1. The van der Waals surface area contributed by atoms with E-state index in [1.807, 2.05) is 7.05 Å². The highest BCUT2D eigenvalue weighted by Crippen LogP contribution is 2.31. The standard InChI is InChI=1S/C19H23F3N6O/c1-13-24-26-28(25-13)12-15-11-16(19(20,21)22)5-3-14(15)4-6-18(29)27-9-7-17(23-2)8-10-27/h3-6,11,17,23H,7-10,12H2,1-2H3. The molecule has 1 aromatic carbocycles. The first-order chi connectivity index (χ1) is 13.8. The summed E-state index contributed by atoms with van der Waals surface area (Å²) < 4.78 is 39.4. The quantitative estimate of drug-likeness (QED) is 0.769. The molecule has 1 N–H and O–H groups in total. The zero-order valence-corrected chi connectivity index (χ0v) is 16.3. The van der Waals surface area contributed by atoms with Crippen LogP contribution in [0.15, 0.2) is 24.3 Å². The van der Waals surface area contributed by atoms with Gasteiger partial charge in [0.25, 0.3) is 0 Å². The number of carbonyl (C=O) groups excluding carboxylic acids is 1. The maximum Gasteiger partial charge on any atom is 0.416 e. The van der Waals surface area contributed by atoms with E-state index in [-0.39, 0.29) is 12.5 Å². The lowest BCUT2D eigenvalue weighted by atomic mass is 10.0. The Labute approximate surface area is 166 Å². The van der Waals surface area contributed by atoms with E-state index in [1.54, 1.807) is 17.9 Å². The summed E-state index contributed by atoms with van der Waals surface area (Å²) in [4.78, 5) is 15.4. The van der Waals surface area contributed by atoms with E-state index in [1.165, 1.54) is 16.9 Å². The number of tetrazole rings is 1. The van der Waals surface area contributed by atoms with Crippen LogP contribution in [0.2, 0.25) is 0 Å². The summed E-state index contributed by atoms with van der Waals surface area (Å²) in [6.45, 7) is 2.96. The molecule has 29 heavy (non-hydrogen) atoms. The monoisotopic (exact) mass is 408 g/mol. The smallest absolute Gasteiger partial charge is 0.339 e. The molecule has 1 aliphatic rings. The number of aromatic nitrogens is 4.